The van der Waals surface area contributed by atoms with E-state index in [-0.39, 0.29) is 23.9 Å². The summed E-state index contributed by atoms with van der Waals surface area (Å²) in [7, 11) is 0. The summed E-state index contributed by atoms with van der Waals surface area (Å²) in [6.07, 6.45) is 2.51. The summed E-state index contributed by atoms with van der Waals surface area (Å²) in [5.74, 6) is -0.706. The number of ether oxygens (including phenoxy) is 1. The molecule has 0 aromatic heterocycles. The number of nitrogens with zero attached hydrogens (tertiary/aromatic N) is 2. The van der Waals surface area contributed by atoms with E-state index < -0.39 is 12.1 Å². The maximum absolute atomic E-state index is 12.6. The summed E-state index contributed by atoms with van der Waals surface area (Å²) in [5, 5.41) is 18.8. The highest BCUT2D eigenvalue weighted by Crippen LogP contribution is 2.27. The number of benzene rings is 1. The molecule has 162 valence electrons. The first kappa shape index (κ1) is 21.9. The zero-order valence-corrected chi connectivity index (χ0v) is 16.4. The van der Waals surface area contributed by atoms with Crippen LogP contribution in [0.4, 0.5) is 13.2 Å². The van der Waals surface area contributed by atoms with Gasteiger partial charge in [0.1, 0.15) is 17.6 Å². The average Bonchev–Trinajstić information content (AvgIpc) is 2.72. The molecule has 1 aromatic carbocycles. The molecule has 1 heterocycles. The SMILES string of the molecule is N#CC1(NCc2ccccc2OC(F)(F)F)N=CC=C(NCC2CCC(N)CC2)N1. The van der Waals surface area contributed by atoms with Gasteiger partial charge in [-0.15, -0.1) is 13.2 Å². The Kier molecular flexibility index (Phi) is 6.84. The third-order valence-corrected chi connectivity index (χ3v) is 5.19. The number of nitrogens with one attached hydrogen (secondary N) is 3. The number of allylic oxidation sites excluding steroid dienone is 1. The number of rotatable bonds is 7. The van der Waals surface area contributed by atoms with Crippen molar-refractivity contribution in [2.24, 2.45) is 16.6 Å². The molecule has 0 bridgehead atoms. The minimum absolute atomic E-state index is 0.0576. The first-order valence-corrected chi connectivity index (χ1v) is 9.82. The van der Waals surface area contributed by atoms with Crippen LogP contribution in [0.2, 0.25) is 0 Å². The van der Waals surface area contributed by atoms with Gasteiger partial charge in [-0.2, -0.15) is 5.26 Å². The standard InChI is InChI=1S/C20H25F3N6O/c21-20(22,23)30-17-4-2-1-3-15(17)12-28-19(13-24)27-10-9-18(29-19)26-11-14-5-7-16(25)8-6-14/h1-4,9-10,14,16,26,28-29H,5-8,11-12,25H2. The van der Waals surface area contributed by atoms with Crippen LogP contribution in [0.1, 0.15) is 31.2 Å². The number of alkyl halides is 3. The fourth-order valence-electron chi connectivity index (χ4n) is 3.53. The summed E-state index contributed by atoms with van der Waals surface area (Å²) in [4.78, 5) is 4.15. The number of aliphatic imine (C=N–C) groups is 1. The minimum atomic E-state index is -4.80. The second kappa shape index (κ2) is 9.36. The topological polar surface area (TPSA) is 107 Å². The molecule has 1 atom stereocenters. The Hall–Kier alpha value is -2.77. The van der Waals surface area contributed by atoms with Gasteiger partial charge < -0.3 is 21.1 Å². The summed E-state index contributed by atoms with van der Waals surface area (Å²) in [6, 6.07) is 8.09. The molecule has 1 aromatic rings. The van der Waals surface area contributed by atoms with Gasteiger partial charge in [0, 0.05) is 30.9 Å². The van der Waals surface area contributed by atoms with E-state index in [1.165, 1.54) is 24.4 Å². The molecule has 3 rings (SSSR count). The van der Waals surface area contributed by atoms with Crippen molar-refractivity contribution in [3.05, 3.63) is 41.7 Å². The summed E-state index contributed by atoms with van der Waals surface area (Å²) in [6.45, 7) is 0.682. The number of nitriles is 1. The van der Waals surface area contributed by atoms with Gasteiger partial charge >= 0.3 is 6.36 Å². The van der Waals surface area contributed by atoms with Gasteiger partial charge in [-0.25, -0.2) is 4.99 Å². The van der Waals surface area contributed by atoms with Crippen molar-refractivity contribution < 1.29 is 17.9 Å². The van der Waals surface area contributed by atoms with Gasteiger partial charge in [0.2, 0.25) is 0 Å². The lowest BCUT2D eigenvalue weighted by atomic mass is 9.86. The third kappa shape index (κ3) is 6.11. The molecule has 10 heteroatoms. The summed E-state index contributed by atoms with van der Waals surface area (Å²) >= 11 is 0. The fourth-order valence-corrected chi connectivity index (χ4v) is 3.53. The van der Waals surface area contributed by atoms with Crippen LogP contribution in [0.15, 0.2) is 41.2 Å². The van der Waals surface area contributed by atoms with Crippen LogP contribution in [0.25, 0.3) is 0 Å². The smallest absolute Gasteiger partial charge is 0.405 e. The van der Waals surface area contributed by atoms with Gasteiger partial charge in [-0.1, -0.05) is 18.2 Å². The average molecular weight is 422 g/mol. The highest BCUT2D eigenvalue weighted by Gasteiger charge is 2.34. The molecule has 1 aliphatic heterocycles. The van der Waals surface area contributed by atoms with Gasteiger partial charge in [-0.3, -0.25) is 5.32 Å². The molecule has 30 heavy (non-hydrogen) atoms. The molecule has 0 spiro atoms. The highest BCUT2D eigenvalue weighted by molar-refractivity contribution is 5.74. The van der Waals surface area contributed by atoms with E-state index >= 15 is 0 Å². The maximum atomic E-state index is 12.6. The Balaban J connectivity index is 1.59. The van der Waals surface area contributed by atoms with Crippen molar-refractivity contribution in [3.63, 3.8) is 0 Å². The van der Waals surface area contributed by atoms with Crippen LogP contribution in [0.3, 0.4) is 0 Å². The Morgan fingerprint density at radius 3 is 2.70 bits per heavy atom. The van der Waals surface area contributed by atoms with Gasteiger partial charge in [0.15, 0.2) is 0 Å². The van der Waals surface area contributed by atoms with E-state index in [1.54, 1.807) is 12.1 Å². The third-order valence-electron chi connectivity index (χ3n) is 5.19. The van der Waals surface area contributed by atoms with Crippen LogP contribution in [0, 0.1) is 17.2 Å². The lowest BCUT2D eigenvalue weighted by molar-refractivity contribution is -0.274. The number of halogens is 3. The first-order valence-electron chi connectivity index (χ1n) is 9.82. The molecule has 1 aliphatic carbocycles. The lowest BCUT2D eigenvalue weighted by Gasteiger charge is -2.32. The number of nitrogens with two attached hydrogens (primary N) is 1. The second-order valence-corrected chi connectivity index (χ2v) is 7.48. The molecule has 5 N–H and O–H groups in total. The van der Waals surface area contributed by atoms with Crippen molar-refractivity contribution in [2.45, 2.75) is 50.4 Å². The predicted molar refractivity (Wildman–Crippen MR) is 106 cm³/mol. The number of hydrogen-bond donors (Lipinski definition) is 4. The normalized spacial score (nSPS) is 26.3. The first-order chi connectivity index (χ1) is 14.3. The molecule has 1 saturated carbocycles. The molecule has 7 nitrogen and oxygen atoms in total. The van der Waals surface area contributed by atoms with E-state index in [9.17, 15) is 18.4 Å². The predicted octanol–water partition coefficient (Wildman–Crippen LogP) is 2.47. The second-order valence-electron chi connectivity index (χ2n) is 7.48. The molecular formula is C20H25F3N6O. The summed E-state index contributed by atoms with van der Waals surface area (Å²) in [5.41, 5.74) is 6.19. The van der Waals surface area contributed by atoms with E-state index in [4.69, 9.17) is 5.73 Å². The van der Waals surface area contributed by atoms with Crippen LogP contribution >= 0.6 is 0 Å². The van der Waals surface area contributed by atoms with Crippen molar-refractivity contribution in [2.75, 3.05) is 6.54 Å². The van der Waals surface area contributed by atoms with Crippen LogP contribution < -0.4 is 26.4 Å². The van der Waals surface area contributed by atoms with Gasteiger partial charge in [0.25, 0.3) is 5.79 Å². The van der Waals surface area contributed by atoms with Crippen molar-refractivity contribution >= 4 is 6.21 Å². The zero-order valence-electron chi connectivity index (χ0n) is 16.4. The number of hydrogen-bond acceptors (Lipinski definition) is 7. The fraction of sp³-hybridized carbons (Fsp3) is 0.500. The van der Waals surface area contributed by atoms with E-state index in [0.717, 1.165) is 32.2 Å². The van der Waals surface area contributed by atoms with Crippen molar-refractivity contribution in [3.8, 4) is 11.8 Å². The van der Waals surface area contributed by atoms with E-state index in [2.05, 4.69) is 25.7 Å². The Morgan fingerprint density at radius 2 is 2.00 bits per heavy atom. The quantitative estimate of drug-likeness (QED) is 0.538. The molecule has 0 saturated heterocycles. The minimum Gasteiger partial charge on any atom is -0.405 e. The highest BCUT2D eigenvalue weighted by atomic mass is 19.4. The lowest BCUT2D eigenvalue weighted by Crippen LogP contribution is -2.57. The van der Waals surface area contributed by atoms with E-state index in [1.807, 2.05) is 6.07 Å². The van der Waals surface area contributed by atoms with Gasteiger partial charge in [-0.05, 0) is 43.7 Å². The molecular weight excluding hydrogens is 397 g/mol. The molecule has 1 fully saturated rings. The number of para-hydroxylation sites is 1. The zero-order chi connectivity index (χ0) is 21.6. The molecule has 0 amide bonds. The monoisotopic (exact) mass is 422 g/mol. The Labute approximate surface area is 173 Å². The van der Waals surface area contributed by atoms with Crippen molar-refractivity contribution in [1.29, 1.82) is 5.26 Å². The largest absolute Gasteiger partial charge is 0.573 e. The van der Waals surface area contributed by atoms with E-state index in [0.29, 0.717) is 11.7 Å². The molecule has 2 aliphatic rings. The maximum Gasteiger partial charge on any atom is 0.573 e. The van der Waals surface area contributed by atoms with Crippen molar-refractivity contribution in [1.82, 2.24) is 16.0 Å². The van der Waals surface area contributed by atoms with Crippen LogP contribution in [-0.2, 0) is 6.54 Å². The Bertz CT molecular complexity index is 827. The molecule has 0 radical (unpaired) electrons. The molecule has 1 unspecified atom stereocenters. The van der Waals surface area contributed by atoms with Crippen LogP contribution in [0.5, 0.6) is 5.75 Å². The van der Waals surface area contributed by atoms with Crippen LogP contribution in [-0.4, -0.2) is 31.0 Å². The Morgan fingerprint density at radius 1 is 1.27 bits per heavy atom. The summed E-state index contributed by atoms with van der Waals surface area (Å²) < 4.78 is 41.9. The van der Waals surface area contributed by atoms with Gasteiger partial charge in [0.05, 0.1) is 0 Å².